The molecule has 0 saturated carbocycles. The quantitative estimate of drug-likeness (QED) is 0.753. The van der Waals surface area contributed by atoms with Crippen LogP contribution in [0.5, 0.6) is 0 Å². The lowest BCUT2D eigenvalue weighted by molar-refractivity contribution is 0.0988. The summed E-state index contributed by atoms with van der Waals surface area (Å²) in [5.41, 5.74) is 3.22. The van der Waals surface area contributed by atoms with Gasteiger partial charge in [-0.2, -0.15) is 0 Å². The summed E-state index contributed by atoms with van der Waals surface area (Å²) in [7, 11) is 0. The van der Waals surface area contributed by atoms with Crippen LogP contribution in [-0.4, -0.2) is 5.78 Å². The maximum absolute atomic E-state index is 13.8. The highest BCUT2D eigenvalue weighted by Crippen LogP contribution is 2.23. The fraction of sp³-hybridized carbons (Fsp3) is 0.188. The van der Waals surface area contributed by atoms with Crippen molar-refractivity contribution < 1.29 is 9.18 Å². The molecule has 98 valence electrons. The van der Waals surface area contributed by atoms with Crippen LogP contribution >= 0.6 is 15.9 Å². The van der Waals surface area contributed by atoms with Gasteiger partial charge in [-0.25, -0.2) is 4.39 Å². The number of hydrogen-bond donors (Lipinski definition) is 0. The monoisotopic (exact) mass is 320 g/mol. The van der Waals surface area contributed by atoms with E-state index >= 15 is 0 Å². The van der Waals surface area contributed by atoms with Crippen molar-refractivity contribution in [1.29, 1.82) is 0 Å². The predicted octanol–water partition coefficient (Wildman–Crippen LogP) is 4.63. The van der Waals surface area contributed by atoms with Gasteiger partial charge < -0.3 is 0 Å². The molecule has 2 rings (SSSR count). The molecule has 0 aliphatic rings. The molecule has 0 heterocycles. The minimum atomic E-state index is -0.481. The summed E-state index contributed by atoms with van der Waals surface area (Å²) in [4.78, 5) is 12.3. The minimum Gasteiger partial charge on any atom is -0.294 e. The van der Waals surface area contributed by atoms with Gasteiger partial charge in [0.1, 0.15) is 5.82 Å². The summed E-state index contributed by atoms with van der Waals surface area (Å²) in [5.74, 6) is -0.687. The van der Waals surface area contributed by atoms with E-state index in [-0.39, 0.29) is 17.8 Å². The molecule has 19 heavy (non-hydrogen) atoms. The summed E-state index contributed by atoms with van der Waals surface area (Å²) in [5, 5.41) is 0. The Morgan fingerprint density at radius 2 is 1.68 bits per heavy atom. The average molecular weight is 321 g/mol. The molecule has 0 aliphatic carbocycles. The second-order valence-electron chi connectivity index (χ2n) is 4.57. The molecule has 3 heteroatoms. The zero-order chi connectivity index (χ0) is 14.0. The summed E-state index contributed by atoms with van der Waals surface area (Å²) in [6.07, 6.45) is 0.220. The molecule has 0 radical (unpaired) electrons. The van der Waals surface area contributed by atoms with Crippen LogP contribution in [-0.2, 0) is 6.42 Å². The lowest BCUT2D eigenvalue weighted by atomic mass is 9.95. The molecule has 2 aromatic rings. The van der Waals surface area contributed by atoms with Gasteiger partial charge in [-0.15, -0.1) is 0 Å². The van der Waals surface area contributed by atoms with E-state index in [0.717, 1.165) is 16.7 Å². The van der Waals surface area contributed by atoms with Gasteiger partial charge in [0.25, 0.3) is 0 Å². The van der Waals surface area contributed by atoms with E-state index in [9.17, 15) is 9.18 Å². The first kappa shape index (κ1) is 13.9. The Kier molecular flexibility index (Phi) is 4.15. The third-order valence-corrected chi connectivity index (χ3v) is 3.88. The summed E-state index contributed by atoms with van der Waals surface area (Å²) < 4.78 is 14.3. The van der Waals surface area contributed by atoms with Gasteiger partial charge in [0.05, 0.1) is 5.56 Å². The molecule has 0 saturated heterocycles. The van der Waals surface area contributed by atoms with Gasteiger partial charge in [0, 0.05) is 10.9 Å². The van der Waals surface area contributed by atoms with E-state index in [1.165, 1.54) is 6.07 Å². The number of carbonyl (C=O) groups is 1. The molecule has 0 aromatic heterocycles. The van der Waals surface area contributed by atoms with E-state index in [4.69, 9.17) is 0 Å². The lowest BCUT2D eigenvalue weighted by Gasteiger charge is -2.10. The maximum atomic E-state index is 13.8. The fourth-order valence-corrected chi connectivity index (χ4v) is 2.70. The highest BCUT2D eigenvalue weighted by molar-refractivity contribution is 9.10. The van der Waals surface area contributed by atoms with Crippen molar-refractivity contribution in [2.45, 2.75) is 20.3 Å². The van der Waals surface area contributed by atoms with E-state index in [1.807, 2.05) is 32.0 Å². The fourth-order valence-electron chi connectivity index (χ4n) is 2.14. The zero-order valence-corrected chi connectivity index (χ0v) is 12.4. The second-order valence-corrected chi connectivity index (χ2v) is 5.42. The van der Waals surface area contributed by atoms with Gasteiger partial charge in [-0.05, 0) is 58.6 Å². The van der Waals surface area contributed by atoms with Crippen molar-refractivity contribution in [3.05, 3.63) is 68.9 Å². The lowest BCUT2D eigenvalue weighted by Crippen LogP contribution is -2.09. The smallest absolute Gasteiger partial charge is 0.171 e. The van der Waals surface area contributed by atoms with Crippen LogP contribution in [0.1, 0.15) is 27.0 Å². The molecular weight excluding hydrogens is 307 g/mol. The number of ketones is 1. The molecular formula is C16H14BrFO. The zero-order valence-electron chi connectivity index (χ0n) is 10.8. The maximum Gasteiger partial charge on any atom is 0.171 e. The van der Waals surface area contributed by atoms with Gasteiger partial charge in [0.2, 0.25) is 0 Å². The molecule has 0 N–H and O–H groups in total. The number of Topliss-reactive ketones (excluding diaryl/α,β-unsaturated/α-hetero) is 1. The first-order valence-corrected chi connectivity index (χ1v) is 6.82. The van der Waals surface area contributed by atoms with Gasteiger partial charge in [-0.1, -0.05) is 24.3 Å². The normalized spacial score (nSPS) is 10.5. The van der Waals surface area contributed by atoms with E-state index in [1.54, 1.807) is 12.1 Å². The highest BCUT2D eigenvalue weighted by Gasteiger charge is 2.17. The number of benzene rings is 2. The first-order chi connectivity index (χ1) is 9.00. The molecule has 0 bridgehead atoms. The van der Waals surface area contributed by atoms with Gasteiger partial charge in [0.15, 0.2) is 5.78 Å². The number of carbonyl (C=O) groups excluding carboxylic acids is 1. The van der Waals surface area contributed by atoms with Gasteiger partial charge in [-0.3, -0.25) is 4.79 Å². The average Bonchev–Trinajstić information content (AvgIpc) is 2.34. The Morgan fingerprint density at radius 3 is 2.26 bits per heavy atom. The molecule has 0 spiro atoms. The Labute approximate surface area is 120 Å². The number of aryl methyl sites for hydroxylation is 2. The molecule has 0 amide bonds. The number of halogens is 2. The predicted molar refractivity (Wildman–Crippen MR) is 78.1 cm³/mol. The van der Waals surface area contributed by atoms with Gasteiger partial charge >= 0.3 is 0 Å². The summed E-state index contributed by atoms with van der Waals surface area (Å²) in [6.45, 7) is 3.93. The summed E-state index contributed by atoms with van der Waals surface area (Å²) >= 11 is 3.24. The van der Waals surface area contributed by atoms with E-state index < -0.39 is 5.82 Å². The van der Waals surface area contributed by atoms with Crippen molar-refractivity contribution in [2.75, 3.05) is 0 Å². The van der Waals surface area contributed by atoms with Crippen LogP contribution < -0.4 is 0 Å². The topological polar surface area (TPSA) is 17.1 Å². The van der Waals surface area contributed by atoms with Crippen molar-refractivity contribution in [3.63, 3.8) is 0 Å². The van der Waals surface area contributed by atoms with Crippen molar-refractivity contribution in [3.8, 4) is 0 Å². The second kappa shape index (κ2) is 5.66. The van der Waals surface area contributed by atoms with Crippen molar-refractivity contribution in [1.82, 2.24) is 0 Å². The molecule has 0 unspecified atom stereocenters. The number of rotatable bonds is 3. The third-order valence-electron chi connectivity index (χ3n) is 3.22. The summed E-state index contributed by atoms with van der Waals surface area (Å²) in [6, 6.07) is 10.5. The minimum absolute atomic E-state index is 0.130. The molecule has 0 atom stereocenters. The van der Waals surface area contributed by atoms with Crippen LogP contribution in [0.2, 0.25) is 0 Å². The van der Waals surface area contributed by atoms with Crippen LogP contribution in [0.15, 0.2) is 40.9 Å². The third kappa shape index (κ3) is 2.92. The highest BCUT2D eigenvalue weighted by atomic mass is 79.9. The van der Waals surface area contributed by atoms with Crippen molar-refractivity contribution >= 4 is 21.7 Å². The Balaban J connectivity index is 2.37. The van der Waals surface area contributed by atoms with Crippen LogP contribution in [0.25, 0.3) is 0 Å². The molecule has 1 nitrogen and oxygen atoms in total. The standard InChI is InChI=1S/C16H14BrFO/c1-10-5-3-6-11(2)12(10)9-15(19)16-13(17)7-4-8-14(16)18/h3-8H,9H2,1-2H3. The van der Waals surface area contributed by atoms with Crippen LogP contribution in [0, 0.1) is 19.7 Å². The Morgan fingerprint density at radius 1 is 1.11 bits per heavy atom. The first-order valence-electron chi connectivity index (χ1n) is 6.03. The molecule has 0 aliphatic heterocycles. The largest absolute Gasteiger partial charge is 0.294 e. The van der Waals surface area contributed by atoms with Crippen molar-refractivity contribution in [2.24, 2.45) is 0 Å². The van der Waals surface area contributed by atoms with E-state index in [0.29, 0.717) is 4.47 Å². The van der Waals surface area contributed by atoms with Crippen LogP contribution in [0.4, 0.5) is 4.39 Å². The molecule has 0 fully saturated rings. The molecule has 2 aromatic carbocycles. The SMILES string of the molecule is Cc1cccc(C)c1CC(=O)c1c(F)cccc1Br. The Bertz CT molecular complexity index is 594. The van der Waals surface area contributed by atoms with Crippen LogP contribution in [0.3, 0.4) is 0 Å². The number of hydrogen-bond acceptors (Lipinski definition) is 1. The Hall–Kier alpha value is -1.48. The van der Waals surface area contributed by atoms with E-state index in [2.05, 4.69) is 15.9 Å².